The van der Waals surface area contributed by atoms with Crippen LogP contribution in [0, 0.1) is 46.4 Å². The Labute approximate surface area is 128 Å². The highest BCUT2D eigenvalue weighted by Gasteiger charge is 1.45. The van der Waals surface area contributed by atoms with E-state index in [2.05, 4.69) is 39.1 Å². The third kappa shape index (κ3) is 475. The van der Waals surface area contributed by atoms with Crippen LogP contribution in [-0.2, 0) is 0 Å². The molecule has 0 aromatic rings. The van der Waals surface area contributed by atoms with E-state index in [1.54, 1.807) is 5.29 Å². The quantitative estimate of drug-likeness (QED) is 0.163. The average molecular weight is 336 g/mol. The molecule has 0 rings (SSSR count). The molecule has 0 saturated carbocycles. The largest absolute Gasteiger partial charge is 0.379 e. The van der Waals surface area contributed by atoms with E-state index in [4.69, 9.17) is 46.0 Å². The molecule has 0 amide bonds. The predicted octanol–water partition coefficient (Wildman–Crippen LogP) is 3.74. The Morgan fingerprint density at radius 1 is 1.09 bits per heavy atom. The first kappa shape index (κ1) is 61.6. The molecule has 138 valence electrons. The second kappa shape index (κ2) is 327. The number of rotatable bonds is 0. The van der Waals surface area contributed by atoms with Gasteiger partial charge < -0.3 is 26.7 Å². The summed E-state index contributed by atoms with van der Waals surface area (Å²) in [5.41, 5.74) is 4.50. The zero-order chi connectivity index (χ0) is 18.4. The van der Waals surface area contributed by atoms with Crippen molar-refractivity contribution in [1.82, 2.24) is 6.15 Å². The minimum Gasteiger partial charge on any atom is -0.379 e. The number of hydrogen-bond donors (Lipinski definition) is 4. The molecule has 22 heavy (non-hydrogen) atoms. The van der Waals surface area contributed by atoms with E-state index in [0.717, 1.165) is 0 Å². The minimum atomic E-state index is -1.75. The molecule has 0 aliphatic rings. The van der Waals surface area contributed by atoms with Crippen LogP contribution >= 0.6 is 0 Å². The van der Waals surface area contributed by atoms with Crippen molar-refractivity contribution in [1.29, 1.82) is 16.4 Å². The Bertz CT molecular complexity index is 160. The molecule has 0 aliphatic heterocycles. The fraction of sp³-hybridized carbons (Fsp3) is 1.00. The summed E-state index contributed by atoms with van der Waals surface area (Å²) in [6.45, 7) is 8.50. The lowest BCUT2D eigenvalue weighted by Crippen LogP contribution is -1.74. The van der Waals surface area contributed by atoms with Crippen LogP contribution in [0.1, 0.15) is 48.0 Å². The van der Waals surface area contributed by atoms with Crippen molar-refractivity contribution in [2.45, 2.75) is 48.0 Å². The van der Waals surface area contributed by atoms with E-state index in [9.17, 15) is 0 Å². The summed E-state index contributed by atoms with van der Waals surface area (Å²) in [5, 5.41) is 36.4. The van der Waals surface area contributed by atoms with E-state index in [-0.39, 0.29) is 13.6 Å². The van der Waals surface area contributed by atoms with Crippen LogP contribution in [0.2, 0.25) is 0 Å². The third-order valence-electron chi connectivity index (χ3n) is 0. The molecule has 0 bridgehead atoms. The van der Waals surface area contributed by atoms with Crippen molar-refractivity contribution in [2.24, 2.45) is 16.5 Å². The van der Waals surface area contributed by atoms with E-state index >= 15 is 0 Å². The van der Waals surface area contributed by atoms with Gasteiger partial charge in [-0.05, 0) is 0 Å². The summed E-state index contributed by atoms with van der Waals surface area (Å²) in [7, 11) is 0. The lowest BCUT2D eigenvalue weighted by atomic mass is 10.6. The van der Waals surface area contributed by atoms with Gasteiger partial charge in [-0.25, -0.2) is 0 Å². The topological polar surface area (TPSA) is 296 Å². The molecule has 0 saturated heterocycles. The molecule has 0 aliphatic carbocycles. The molecule has 0 spiro atoms. The van der Waals surface area contributed by atoms with Crippen LogP contribution < -0.4 is 12.0 Å². The summed E-state index contributed by atoms with van der Waals surface area (Å²) in [4.78, 5) is 32.2. The summed E-state index contributed by atoms with van der Waals surface area (Å²) >= 11 is 0. The predicted molar refractivity (Wildman–Crippen MR) is 82.1 cm³/mol. The Morgan fingerprint density at radius 3 is 1.09 bits per heavy atom. The maximum absolute atomic E-state index is 8.33. The number of nitrogens with two attached hydrogens (primary N) is 1. The normalized spacial score (nSPS) is 4.09. The first-order valence-electron chi connectivity index (χ1n) is 4.60. The van der Waals surface area contributed by atoms with Gasteiger partial charge >= 0.3 is 0 Å². The van der Waals surface area contributed by atoms with Gasteiger partial charge in [0.25, 0.3) is 0 Å². The fourth-order valence-electron chi connectivity index (χ4n) is 0. The van der Waals surface area contributed by atoms with Crippen LogP contribution in [0.15, 0.2) is 10.6 Å². The van der Waals surface area contributed by atoms with Crippen LogP contribution in [-0.4, -0.2) is 10.3 Å². The van der Waals surface area contributed by atoms with Crippen molar-refractivity contribution in [3.8, 4) is 0 Å². The first-order chi connectivity index (χ1) is 9.39. The number of nitroso groups, excluding NO2 is 2. The molecule has 0 atom stereocenters. The first-order valence-corrected chi connectivity index (χ1v) is 4.60. The van der Waals surface area contributed by atoms with Crippen molar-refractivity contribution < 1.29 is 10.3 Å². The van der Waals surface area contributed by atoms with Gasteiger partial charge in [0.05, 0.1) is 5.09 Å². The lowest BCUT2D eigenvalue weighted by molar-refractivity contribution is -0.402. The second-order valence-electron chi connectivity index (χ2n) is 1.82. The van der Waals surface area contributed by atoms with Gasteiger partial charge in [0.15, 0.2) is 5.34 Å². The third-order valence-corrected chi connectivity index (χ3v) is 0. The van der Waals surface area contributed by atoms with Gasteiger partial charge in [-0.15, -0.1) is 9.81 Å². The molecule has 15 nitrogen and oxygen atoms in total. The van der Waals surface area contributed by atoms with Crippen LogP contribution in [0.4, 0.5) is 0 Å². The van der Waals surface area contributed by atoms with Crippen molar-refractivity contribution in [3.63, 3.8) is 0 Å². The van der Waals surface area contributed by atoms with Crippen LogP contribution in [0.5, 0.6) is 0 Å². The Morgan fingerprint density at radius 2 is 1.09 bits per heavy atom. The van der Waals surface area contributed by atoms with E-state index in [1.807, 2.05) is 0 Å². The summed E-state index contributed by atoms with van der Waals surface area (Å²) in [6.07, 6.45) is 2.50. The standard InChI is InChI=1S/2C3H8.CH4.H2N2O.N2.NO3.HNO2.HNO.H3N/c2*1-3-2;;1-2-3;1-2;2-1(3)4;2-1-3;1-2;/h2*3H2,1-2H3;1H4;(H2,1,3);;;(H,2,3);1H;1H3/q;;;;;-1;;;/p+1. The van der Waals surface area contributed by atoms with Crippen molar-refractivity contribution in [2.75, 3.05) is 0 Å². The zero-order valence-corrected chi connectivity index (χ0v) is 12.6. The highest BCUT2D eigenvalue weighted by molar-refractivity contribution is 4.03. The molecular weight excluding hydrogens is 308 g/mol. The number of nitrogens with one attached hydrogen (secondary N) is 1. The average Bonchev–Trinajstić information content (AvgIpc) is 2.36. The number of quaternary nitrogens is 1. The Hall–Kier alpha value is -3.02. The minimum absolute atomic E-state index is 0. The van der Waals surface area contributed by atoms with Crippen LogP contribution in [0.3, 0.4) is 0 Å². The summed E-state index contributed by atoms with van der Waals surface area (Å²) < 4.78 is 0. The Balaban J connectivity index is -0.0000000128. The maximum atomic E-state index is 8.33. The molecule has 8 N–H and O–H groups in total. The number of hydrogen-bond acceptors (Lipinski definition) is 11. The highest BCUT2D eigenvalue weighted by atomic mass is 16.9. The maximum Gasteiger partial charge on any atom is 0.152 e. The van der Waals surface area contributed by atoms with Gasteiger partial charge in [-0.3, -0.25) is 5.84 Å². The monoisotopic (exact) mass is 336 g/mol. The second-order valence-corrected chi connectivity index (χ2v) is 1.82. The van der Waals surface area contributed by atoms with E-state index in [1.165, 1.54) is 18.2 Å². The van der Waals surface area contributed by atoms with E-state index in [0.29, 0.717) is 0 Å². The van der Waals surface area contributed by atoms with Gasteiger partial charge in [0.1, 0.15) is 0 Å². The van der Waals surface area contributed by atoms with Crippen LogP contribution in [0.25, 0.3) is 0 Å². The smallest absolute Gasteiger partial charge is 0.152 e. The molecule has 0 fully saturated rings. The summed E-state index contributed by atoms with van der Waals surface area (Å²) in [5.74, 6) is 3.92. The lowest BCUT2D eigenvalue weighted by Gasteiger charge is -1.74. The van der Waals surface area contributed by atoms with E-state index < -0.39 is 5.09 Å². The molecular formula is C7H28N8O7. The molecule has 0 heterocycles. The number of nitrogens with zero attached hydrogens (tertiary/aromatic N) is 5. The molecule has 15 heteroatoms. The van der Waals surface area contributed by atoms with Crippen molar-refractivity contribution >= 4 is 0 Å². The molecule has 0 aromatic carbocycles. The van der Waals surface area contributed by atoms with Gasteiger partial charge in [-0.1, -0.05) is 53.6 Å². The van der Waals surface area contributed by atoms with Crippen molar-refractivity contribution in [3.05, 3.63) is 30.0 Å². The molecule has 0 radical (unpaired) electrons. The highest BCUT2D eigenvalue weighted by Crippen LogP contribution is 1.56. The SMILES string of the molecule is C.CCC.CCC.N#N.N=O.NN=O.O=NO.O=[N+]([O-])[O-].[NH4+]. The zero-order valence-electron chi connectivity index (χ0n) is 12.6. The molecule has 0 aromatic heterocycles. The molecule has 0 unspecified atom stereocenters. The van der Waals surface area contributed by atoms with Gasteiger partial charge in [-0.2, -0.15) is 4.91 Å². The Kier molecular flexibility index (Phi) is 916. The van der Waals surface area contributed by atoms with Gasteiger partial charge in [0.2, 0.25) is 0 Å². The summed E-state index contributed by atoms with van der Waals surface area (Å²) in [6, 6.07) is 0. The fourth-order valence-corrected chi connectivity index (χ4v) is 0. The van der Waals surface area contributed by atoms with Gasteiger partial charge in [0, 0.05) is 16.1 Å².